The Bertz CT molecular complexity index is 685. The van der Waals surface area contributed by atoms with Crippen LogP contribution in [0.2, 0.25) is 0 Å². The summed E-state index contributed by atoms with van der Waals surface area (Å²) >= 11 is 0. The maximum Gasteiger partial charge on any atom is 0.180 e. The van der Waals surface area contributed by atoms with Crippen molar-refractivity contribution < 1.29 is 0 Å². The van der Waals surface area contributed by atoms with Gasteiger partial charge in [-0.05, 0) is 13.0 Å². The first-order chi connectivity index (χ1) is 8.25. The topological polar surface area (TPSA) is 56.2 Å². The van der Waals surface area contributed by atoms with Crippen LogP contribution in [0, 0.1) is 6.92 Å². The highest BCUT2D eigenvalue weighted by Gasteiger charge is 2.07. The third-order valence-corrected chi connectivity index (χ3v) is 2.77. The Morgan fingerprint density at radius 1 is 1.24 bits per heavy atom. The summed E-state index contributed by atoms with van der Waals surface area (Å²) in [6.07, 6.45) is 5.40. The minimum absolute atomic E-state index is 0.450. The molecule has 0 aliphatic rings. The molecule has 0 saturated heterocycles. The number of nitrogens with two attached hydrogens (primary N) is 1. The van der Waals surface area contributed by atoms with Crippen molar-refractivity contribution in [1.82, 2.24) is 14.4 Å². The van der Waals surface area contributed by atoms with E-state index in [9.17, 15) is 0 Å². The van der Waals surface area contributed by atoms with Crippen LogP contribution in [0.5, 0.6) is 0 Å². The molecule has 1 aromatic carbocycles. The number of fused-ring (bicyclic) bond motifs is 1. The lowest BCUT2D eigenvalue weighted by atomic mass is 10.1. The van der Waals surface area contributed by atoms with Crippen LogP contribution in [0.25, 0.3) is 16.9 Å². The average molecular weight is 224 g/mol. The molecular formula is C13H12N4. The molecule has 0 fully saturated rings. The fourth-order valence-corrected chi connectivity index (χ4v) is 1.96. The maximum atomic E-state index is 5.78. The average Bonchev–Trinajstić information content (AvgIpc) is 2.79. The number of aryl methyl sites for hydroxylation is 1. The molecular weight excluding hydrogens is 212 g/mol. The molecule has 0 saturated carbocycles. The van der Waals surface area contributed by atoms with Crippen LogP contribution in [0.3, 0.4) is 0 Å². The molecule has 4 heteroatoms. The van der Waals surface area contributed by atoms with Crippen molar-refractivity contribution in [3.05, 3.63) is 48.4 Å². The van der Waals surface area contributed by atoms with E-state index in [4.69, 9.17) is 5.73 Å². The zero-order valence-electron chi connectivity index (χ0n) is 9.46. The van der Waals surface area contributed by atoms with Crippen molar-refractivity contribution in [2.24, 2.45) is 0 Å². The van der Waals surface area contributed by atoms with Crippen LogP contribution in [0.1, 0.15) is 5.56 Å². The van der Waals surface area contributed by atoms with Crippen LogP contribution >= 0.6 is 0 Å². The Labute approximate surface area is 98.8 Å². The van der Waals surface area contributed by atoms with Crippen LogP contribution in [-0.2, 0) is 0 Å². The molecule has 0 unspecified atom stereocenters. The van der Waals surface area contributed by atoms with Crippen LogP contribution < -0.4 is 5.73 Å². The minimum Gasteiger partial charge on any atom is -0.381 e. The number of nitrogens with zero attached hydrogens (tertiary/aromatic N) is 3. The zero-order valence-corrected chi connectivity index (χ0v) is 9.46. The SMILES string of the molecule is Cc1cccc(-c2cnc(N)c3nccn23)c1. The molecule has 0 bridgehead atoms. The van der Waals surface area contributed by atoms with Crippen LogP contribution in [0.15, 0.2) is 42.9 Å². The molecule has 3 rings (SSSR count). The Morgan fingerprint density at radius 2 is 2.12 bits per heavy atom. The summed E-state index contributed by atoms with van der Waals surface area (Å²) in [5.41, 5.74) is 9.80. The van der Waals surface area contributed by atoms with E-state index >= 15 is 0 Å². The molecule has 0 radical (unpaired) electrons. The van der Waals surface area contributed by atoms with Gasteiger partial charge in [-0.25, -0.2) is 9.97 Å². The summed E-state index contributed by atoms with van der Waals surface area (Å²) in [7, 11) is 0. The lowest BCUT2D eigenvalue weighted by Gasteiger charge is -2.07. The van der Waals surface area contributed by atoms with E-state index in [0.717, 1.165) is 11.3 Å². The largest absolute Gasteiger partial charge is 0.381 e. The molecule has 17 heavy (non-hydrogen) atoms. The molecule has 2 heterocycles. The molecule has 3 aromatic rings. The third-order valence-electron chi connectivity index (χ3n) is 2.77. The first kappa shape index (κ1) is 9.84. The summed E-state index contributed by atoms with van der Waals surface area (Å²) in [4.78, 5) is 8.38. The molecule has 2 aromatic heterocycles. The zero-order chi connectivity index (χ0) is 11.8. The highest BCUT2D eigenvalue weighted by molar-refractivity contribution is 5.68. The minimum atomic E-state index is 0.450. The number of aromatic nitrogens is 3. The number of rotatable bonds is 1. The summed E-state index contributed by atoms with van der Waals surface area (Å²) in [6, 6.07) is 8.27. The normalized spacial score (nSPS) is 10.9. The van der Waals surface area contributed by atoms with Crippen molar-refractivity contribution in [2.45, 2.75) is 6.92 Å². The van der Waals surface area contributed by atoms with Crippen molar-refractivity contribution in [1.29, 1.82) is 0 Å². The van der Waals surface area contributed by atoms with E-state index in [-0.39, 0.29) is 0 Å². The van der Waals surface area contributed by atoms with Gasteiger partial charge in [0, 0.05) is 18.0 Å². The van der Waals surface area contributed by atoms with Gasteiger partial charge in [-0.3, -0.25) is 4.40 Å². The van der Waals surface area contributed by atoms with Gasteiger partial charge in [-0.2, -0.15) is 0 Å². The van der Waals surface area contributed by atoms with Crippen molar-refractivity contribution in [3.63, 3.8) is 0 Å². The quantitative estimate of drug-likeness (QED) is 0.690. The lowest BCUT2D eigenvalue weighted by molar-refractivity contribution is 1.14. The monoisotopic (exact) mass is 224 g/mol. The molecule has 0 aliphatic heterocycles. The van der Waals surface area contributed by atoms with Gasteiger partial charge in [0.15, 0.2) is 11.5 Å². The van der Waals surface area contributed by atoms with Crippen molar-refractivity contribution >= 4 is 11.5 Å². The standard InChI is InChI=1S/C13H12N4/c1-9-3-2-4-10(7-9)11-8-16-12(14)13-15-5-6-17(11)13/h2-8H,1H3,(H2,14,16). The number of nitrogen functional groups attached to an aromatic ring is 1. The Kier molecular flexibility index (Phi) is 2.08. The van der Waals surface area contributed by atoms with Crippen molar-refractivity contribution in [2.75, 3.05) is 5.73 Å². The molecule has 0 spiro atoms. The second-order valence-corrected chi connectivity index (χ2v) is 4.02. The van der Waals surface area contributed by atoms with Crippen LogP contribution in [-0.4, -0.2) is 14.4 Å². The molecule has 0 aliphatic carbocycles. The van der Waals surface area contributed by atoms with E-state index in [1.165, 1.54) is 5.56 Å². The van der Waals surface area contributed by atoms with Gasteiger partial charge < -0.3 is 5.73 Å². The number of anilines is 1. The van der Waals surface area contributed by atoms with E-state index < -0.39 is 0 Å². The lowest BCUT2D eigenvalue weighted by Crippen LogP contribution is -1.99. The first-order valence-corrected chi connectivity index (χ1v) is 5.40. The number of benzene rings is 1. The Balaban J connectivity index is 2.31. The molecule has 84 valence electrons. The Hall–Kier alpha value is -2.36. The fraction of sp³-hybridized carbons (Fsp3) is 0.0769. The van der Waals surface area contributed by atoms with E-state index in [1.54, 1.807) is 12.4 Å². The highest BCUT2D eigenvalue weighted by Crippen LogP contribution is 2.22. The number of hydrogen-bond donors (Lipinski definition) is 1. The third kappa shape index (κ3) is 1.54. The maximum absolute atomic E-state index is 5.78. The highest BCUT2D eigenvalue weighted by atomic mass is 15.1. The number of imidazole rings is 1. The van der Waals surface area contributed by atoms with E-state index in [1.807, 2.05) is 16.7 Å². The summed E-state index contributed by atoms with van der Waals surface area (Å²) in [5, 5.41) is 0. The summed E-state index contributed by atoms with van der Waals surface area (Å²) in [5.74, 6) is 0.450. The van der Waals surface area contributed by atoms with Gasteiger partial charge in [0.1, 0.15) is 0 Å². The predicted molar refractivity (Wildman–Crippen MR) is 67.6 cm³/mol. The summed E-state index contributed by atoms with van der Waals surface area (Å²) < 4.78 is 1.96. The van der Waals surface area contributed by atoms with E-state index in [2.05, 4.69) is 35.1 Å². The Morgan fingerprint density at radius 3 is 2.94 bits per heavy atom. The predicted octanol–water partition coefficient (Wildman–Crippen LogP) is 2.29. The van der Waals surface area contributed by atoms with Crippen molar-refractivity contribution in [3.8, 4) is 11.3 Å². The first-order valence-electron chi connectivity index (χ1n) is 5.40. The smallest absolute Gasteiger partial charge is 0.180 e. The molecule has 0 atom stereocenters. The number of hydrogen-bond acceptors (Lipinski definition) is 3. The van der Waals surface area contributed by atoms with Crippen LogP contribution in [0.4, 0.5) is 5.82 Å². The van der Waals surface area contributed by atoms with E-state index in [0.29, 0.717) is 11.5 Å². The van der Waals surface area contributed by atoms with Gasteiger partial charge in [0.25, 0.3) is 0 Å². The molecule has 2 N–H and O–H groups in total. The van der Waals surface area contributed by atoms with Gasteiger partial charge in [-0.1, -0.05) is 23.8 Å². The van der Waals surface area contributed by atoms with Gasteiger partial charge >= 0.3 is 0 Å². The second-order valence-electron chi connectivity index (χ2n) is 4.02. The molecule has 0 amide bonds. The molecule has 4 nitrogen and oxygen atoms in total. The van der Waals surface area contributed by atoms with Gasteiger partial charge in [-0.15, -0.1) is 0 Å². The fourth-order valence-electron chi connectivity index (χ4n) is 1.96. The van der Waals surface area contributed by atoms with Gasteiger partial charge in [0.05, 0.1) is 11.9 Å². The second kappa shape index (κ2) is 3.59. The van der Waals surface area contributed by atoms with Gasteiger partial charge in [0.2, 0.25) is 0 Å². The summed E-state index contributed by atoms with van der Waals surface area (Å²) in [6.45, 7) is 2.07.